The summed E-state index contributed by atoms with van der Waals surface area (Å²) >= 11 is 0. The summed E-state index contributed by atoms with van der Waals surface area (Å²) < 4.78 is 58.1. The predicted octanol–water partition coefficient (Wildman–Crippen LogP) is 6.90. The van der Waals surface area contributed by atoms with Crippen molar-refractivity contribution in [2.45, 2.75) is 26.4 Å². The molecule has 0 aliphatic rings. The molecule has 0 N–H and O–H groups in total. The van der Waals surface area contributed by atoms with Crippen LogP contribution in [-0.4, -0.2) is 6.61 Å². The van der Waals surface area contributed by atoms with Crippen LogP contribution in [0.4, 0.5) is 17.6 Å². The van der Waals surface area contributed by atoms with Crippen molar-refractivity contribution in [1.29, 1.82) is 0 Å². The van der Waals surface area contributed by atoms with Crippen LogP contribution in [0.1, 0.15) is 18.9 Å². The van der Waals surface area contributed by atoms with Crippen molar-refractivity contribution in [3.8, 4) is 16.9 Å². The Morgan fingerprint density at radius 3 is 2.26 bits per heavy atom. The predicted molar refractivity (Wildman–Crippen MR) is 99.1 cm³/mol. The molecule has 3 aromatic rings. The van der Waals surface area contributed by atoms with Crippen LogP contribution in [0.3, 0.4) is 0 Å². The van der Waals surface area contributed by atoms with E-state index in [1.165, 1.54) is 24.3 Å². The lowest BCUT2D eigenvalue weighted by Gasteiger charge is -2.10. The first-order chi connectivity index (χ1) is 13.0. The summed E-state index contributed by atoms with van der Waals surface area (Å²) in [5.74, 6) is -1.21. The fraction of sp³-hybridized carbons (Fsp3) is 0.182. The molecule has 0 fully saturated rings. The Kier molecular flexibility index (Phi) is 5.79. The lowest BCUT2D eigenvalue weighted by Crippen LogP contribution is -2.01. The van der Waals surface area contributed by atoms with E-state index < -0.39 is 18.2 Å². The number of alkyl halides is 2. The van der Waals surface area contributed by atoms with Crippen molar-refractivity contribution in [3.63, 3.8) is 0 Å². The fourth-order valence-corrected chi connectivity index (χ4v) is 3.02. The summed E-state index contributed by atoms with van der Waals surface area (Å²) in [5, 5.41) is 1.31. The number of hydrogen-bond donors (Lipinski definition) is 0. The number of rotatable bonds is 6. The monoisotopic (exact) mass is 374 g/mol. The van der Waals surface area contributed by atoms with Crippen molar-refractivity contribution in [1.82, 2.24) is 0 Å². The lowest BCUT2D eigenvalue weighted by atomic mass is 9.98. The molecule has 0 radical (unpaired) electrons. The Hall–Kier alpha value is -2.82. The third-order valence-corrected chi connectivity index (χ3v) is 4.26. The SMILES string of the molecule is C/C=C/CCc1cc(F)c(-c2ccc3cc(OC(F)F)ccc3c2)c(F)c1. The maximum absolute atomic E-state index is 14.6. The van der Waals surface area contributed by atoms with Crippen LogP contribution in [-0.2, 0) is 6.42 Å². The van der Waals surface area contributed by atoms with E-state index in [1.54, 1.807) is 24.3 Å². The molecule has 0 aliphatic carbocycles. The molecule has 140 valence electrons. The molecule has 0 bridgehead atoms. The molecule has 0 unspecified atom stereocenters. The van der Waals surface area contributed by atoms with Crippen LogP contribution in [0.15, 0.2) is 60.7 Å². The highest BCUT2D eigenvalue weighted by atomic mass is 19.3. The van der Waals surface area contributed by atoms with Crippen molar-refractivity contribution >= 4 is 10.8 Å². The molecule has 27 heavy (non-hydrogen) atoms. The molecule has 5 heteroatoms. The van der Waals surface area contributed by atoms with Crippen LogP contribution in [0.25, 0.3) is 21.9 Å². The molecule has 0 aliphatic heterocycles. The van der Waals surface area contributed by atoms with Crippen molar-refractivity contribution in [2.75, 3.05) is 0 Å². The van der Waals surface area contributed by atoms with E-state index in [0.717, 1.165) is 0 Å². The van der Waals surface area contributed by atoms with Gasteiger partial charge < -0.3 is 4.74 Å². The van der Waals surface area contributed by atoms with E-state index in [1.807, 2.05) is 19.1 Å². The summed E-state index contributed by atoms with van der Waals surface area (Å²) in [5.41, 5.74) is 0.890. The van der Waals surface area contributed by atoms with Gasteiger partial charge in [-0.15, -0.1) is 0 Å². The first-order valence-electron chi connectivity index (χ1n) is 8.56. The van der Waals surface area contributed by atoms with Gasteiger partial charge in [-0.05, 0) is 72.0 Å². The topological polar surface area (TPSA) is 9.23 Å². The van der Waals surface area contributed by atoms with E-state index >= 15 is 0 Å². The summed E-state index contributed by atoms with van der Waals surface area (Å²) in [6.07, 6.45) is 5.11. The van der Waals surface area contributed by atoms with E-state index in [9.17, 15) is 17.6 Å². The summed E-state index contributed by atoms with van der Waals surface area (Å²) in [7, 11) is 0. The molecule has 3 aromatic carbocycles. The van der Waals surface area contributed by atoms with Gasteiger partial charge in [-0.3, -0.25) is 0 Å². The van der Waals surface area contributed by atoms with Crippen LogP contribution < -0.4 is 4.74 Å². The van der Waals surface area contributed by atoms with Gasteiger partial charge in [-0.1, -0.05) is 30.4 Å². The zero-order valence-corrected chi connectivity index (χ0v) is 14.7. The molecule has 0 atom stereocenters. The van der Waals surface area contributed by atoms with Gasteiger partial charge in [0.05, 0.1) is 5.56 Å². The number of fused-ring (bicyclic) bond motifs is 1. The minimum Gasteiger partial charge on any atom is -0.435 e. The molecule has 0 saturated heterocycles. The second-order valence-corrected chi connectivity index (χ2v) is 6.14. The second-order valence-electron chi connectivity index (χ2n) is 6.14. The molecule has 0 aromatic heterocycles. The maximum Gasteiger partial charge on any atom is 0.387 e. The third-order valence-electron chi connectivity index (χ3n) is 4.26. The fourth-order valence-electron chi connectivity index (χ4n) is 3.02. The number of allylic oxidation sites excluding steroid dienone is 2. The summed E-state index contributed by atoms with van der Waals surface area (Å²) in [4.78, 5) is 0. The highest BCUT2D eigenvalue weighted by molar-refractivity contribution is 5.88. The molecular weight excluding hydrogens is 356 g/mol. The van der Waals surface area contributed by atoms with E-state index in [2.05, 4.69) is 4.74 Å². The van der Waals surface area contributed by atoms with E-state index in [-0.39, 0.29) is 11.3 Å². The van der Waals surface area contributed by atoms with Gasteiger partial charge in [0.2, 0.25) is 0 Å². The van der Waals surface area contributed by atoms with Crippen LogP contribution >= 0.6 is 0 Å². The molecule has 3 rings (SSSR count). The average Bonchev–Trinajstić information content (AvgIpc) is 2.61. The van der Waals surface area contributed by atoms with Gasteiger partial charge in [-0.2, -0.15) is 8.78 Å². The minimum absolute atomic E-state index is 0.0353. The smallest absolute Gasteiger partial charge is 0.387 e. The maximum atomic E-state index is 14.6. The average molecular weight is 374 g/mol. The van der Waals surface area contributed by atoms with Gasteiger partial charge in [0, 0.05) is 0 Å². The van der Waals surface area contributed by atoms with Gasteiger partial charge in [-0.25, -0.2) is 8.78 Å². The van der Waals surface area contributed by atoms with Crippen LogP contribution in [0.2, 0.25) is 0 Å². The van der Waals surface area contributed by atoms with Gasteiger partial charge >= 0.3 is 6.61 Å². The van der Waals surface area contributed by atoms with Gasteiger partial charge in [0.15, 0.2) is 0 Å². The highest BCUT2D eigenvalue weighted by Gasteiger charge is 2.14. The first kappa shape index (κ1) is 19.0. The molecule has 1 nitrogen and oxygen atoms in total. The zero-order valence-electron chi connectivity index (χ0n) is 14.7. The summed E-state index contributed by atoms with van der Waals surface area (Å²) in [6.45, 7) is -1.01. The lowest BCUT2D eigenvalue weighted by molar-refractivity contribution is -0.0497. The van der Waals surface area contributed by atoms with Crippen molar-refractivity contribution in [3.05, 3.63) is 77.9 Å². The number of benzene rings is 3. The number of ether oxygens (including phenoxy) is 1. The minimum atomic E-state index is -2.91. The number of hydrogen-bond acceptors (Lipinski definition) is 1. The largest absolute Gasteiger partial charge is 0.435 e. The number of aryl methyl sites for hydroxylation is 1. The summed E-state index contributed by atoms with van der Waals surface area (Å²) in [6, 6.07) is 12.0. The number of halogens is 4. The molecule has 0 spiro atoms. The second kappa shape index (κ2) is 8.25. The molecule has 0 saturated carbocycles. The Bertz CT molecular complexity index is 956. The van der Waals surface area contributed by atoms with E-state index in [0.29, 0.717) is 34.7 Å². The Morgan fingerprint density at radius 1 is 0.926 bits per heavy atom. The molecular formula is C22H18F4O. The van der Waals surface area contributed by atoms with E-state index in [4.69, 9.17) is 0 Å². The standard InChI is InChI=1S/C22H18F4O/c1-2-3-4-5-14-10-19(23)21(20(24)11-14)17-7-6-16-13-18(27-22(25)26)9-8-15(16)12-17/h2-3,6-13,22H,4-5H2,1H3/b3-2+. The van der Waals surface area contributed by atoms with Crippen LogP contribution in [0.5, 0.6) is 5.75 Å². The zero-order chi connectivity index (χ0) is 19.4. The quantitative estimate of drug-likeness (QED) is 0.337. The molecule has 0 heterocycles. The molecule has 0 amide bonds. The Morgan fingerprint density at radius 2 is 1.59 bits per heavy atom. The Balaban J connectivity index is 1.94. The normalized spacial score (nSPS) is 11.6. The third kappa shape index (κ3) is 4.48. The first-order valence-corrected chi connectivity index (χ1v) is 8.56. The van der Waals surface area contributed by atoms with Crippen molar-refractivity contribution in [2.24, 2.45) is 0 Å². The van der Waals surface area contributed by atoms with Gasteiger partial charge in [0.1, 0.15) is 17.4 Å². The van der Waals surface area contributed by atoms with Gasteiger partial charge in [0.25, 0.3) is 0 Å². The van der Waals surface area contributed by atoms with Crippen molar-refractivity contribution < 1.29 is 22.3 Å². The van der Waals surface area contributed by atoms with Crippen LogP contribution in [0, 0.1) is 11.6 Å². The highest BCUT2D eigenvalue weighted by Crippen LogP contribution is 2.31. The Labute approximate surface area is 154 Å².